The Morgan fingerprint density at radius 2 is 1.79 bits per heavy atom. The molecule has 0 saturated carbocycles. The van der Waals surface area contributed by atoms with E-state index in [4.69, 9.17) is 15.2 Å². The van der Waals surface area contributed by atoms with Gasteiger partial charge >= 0.3 is 0 Å². The van der Waals surface area contributed by atoms with Crippen LogP contribution in [-0.2, 0) is 6.61 Å². The summed E-state index contributed by atoms with van der Waals surface area (Å²) < 4.78 is 11.2. The molecule has 3 aromatic carbocycles. The molecule has 0 fully saturated rings. The van der Waals surface area contributed by atoms with Gasteiger partial charge in [0.05, 0.1) is 18.9 Å². The Bertz CT molecular complexity index is 972. The number of ether oxygens (including phenoxy) is 2. The second-order valence-corrected chi connectivity index (χ2v) is 5.97. The van der Waals surface area contributed by atoms with Gasteiger partial charge in [-0.1, -0.05) is 42.5 Å². The number of para-hydroxylation sites is 1. The van der Waals surface area contributed by atoms with Crippen molar-refractivity contribution >= 4 is 17.8 Å². The van der Waals surface area contributed by atoms with Crippen LogP contribution in [0.2, 0.25) is 0 Å². The van der Waals surface area contributed by atoms with Gasteiger partial charge in [0.1, 0.15) is 6.61 Å². The van der Waals surface area contributed by atoms with E-state index in [1.54, 1.807) is 43.5 Å². The van der Waals surface area contributed by atoms with Crippen molar-refractivity contribution in [2.75, 3.05) is 12.8 Å². The van der Waals surface area contributed by atoms with Gasteiger partial charge in [0.2, 0.25) is 0 Å². The van der Waals surface area contributed by atoms with Crippen LogP contribution in [-0.4, -0.2) is 19.2 Å². The molecule has 1 amide bonds. The zero-order valence-corrected chi connectivity index (χ0v) is 15.5. The lowest BCUT2D eigenvalue weighted by molar-refractivity contribution is 0.0956. The van der Waals surface area contributed by atoms with Gasteiger partial charge in [-0.25, -0.2) is 5.43 Å². The van der Waals surface area contributed by atoms with Crippen LogP contribution in [0.25, 0.3) is 0 Å². The SMILES string of the molecule is COc1cc(/C=N\NC(=O)c2ccccc2N)ccc1OCc1ccccc1. The summed E-state index contributed by atoms with van der Waals surface area (Å²) in [6.45, 7) is 0.444. The molecular weight excluding hydrogens is 354 g/mol. The van der Waals surface area contributed by atoms with Gasteiger partial charge in [-0.15, -0.1) is 0 Å². The lowest BCUT2D eigenvalue weighted by Crippen LogP contribution is -2.19. The molecule has 6 heteroatoms. The van der Waals surface area contributed by atoms with Crippen molar-refractivity contribution in [2.24, 2.45) is 5.10 Å². The molecule has 0 heterocycles. The minimum Gasteiger partial charge on any atom is -0.493 e. The molecule has 0 bridgehead atoms. The van der Waals surface area contributed by atoms with Crippen LogP contribution >= 0.6 is 0 Å². The monoisotopic (exact) mass is 375 g/mol. The van der Waals surface area contributed by atoms with Gasteiger partial charge in [-0.05, 0) is 41.5 Å². The van der Waals surface area contributed by atoms with Crippen molar-refractivity contribution < 1.29 is 14.3 Å². The van der Waals surface area contributed by atoms with Crippen LogP contribution in [0.3, 0.4) is 0 Å². The number of hydrogen-bond donors (Lipinski definition) is 2. The molecule has 142 valence electrons. The first-order valence-electron chi connectivity index (χ1n) is 8.70. The highest BCUT2D eigenvalue weighted by molar-refractivity contribution is 5.99. The summed E-state index contributed by atoms with van der Waals surface area (Å²) in [5.41, 5.74) is 10.9. The number of nitrogens with one attached hydrogen (secondary N) is 1. The van der Waals surface area contributed by atoms with Crippen LogP contribution < -0.4 is 20.6 Å². The third-order valence-corrected chi connectivity index (χ3v) is 4.01. The van der Waals surface area contributed by atoms with Crippen LogP contribution in [0.15, 0.2) is 77.9 Å². The van der Waals surface area contributed by atoms with Gasteiger partial charge in [0, 0.05) is 5.69 Å². The lowest BCUT2D eigenvalue weighted by atomic mass is 10.2. The number of carbonyl (C=O) groups excluding carboxylic acids is 1. The Kier molecular flexibility index (Phi) is 6.25. The molecule has 0 aliphatic carbocycles. The Labute approximate surface area is 163 Å². The van der Waals surface area contributed by atoms with Crippen LogP contribution in [0.4, 0.5) is 5.69 Å². The number of nitrogens with two attached hydrogens (primary N) is 1. The maximum atomic E-state index is 12.1. The number of nitrogen functional groups attached to an aromatic ring is 1. The fraction of sp³-hybridized carbons (Fsp3) is 0.0909. The quantitative estimate of drug-likeness (QED) is 0.375. The van der Waals surface area contributed by atoms with Crippen LogP contribution in [0.5, 0.6) is 11.5 Å². The Morgan fingerprint density at radius 1 is 1.04 bits per heavy atom. The lowest BCUT2D eigenvalue weighted by Gasteiger charge is -2.11. The minimum absolute atomic E-state index is 0.371. The van der Waals surface area contributed by atoms with Crippen molar-refractivity contribution in [1.29, 1.82) is 0 Å². The van der Waals surface area contributed by atoms with E-state index >= 15 is 0 Å². The molecule has 3 N–H and O–H groups in total. The Balaban J connectivity index is 1.63. The fourth-order valence-corrected chi connectivity index (χ4v) is 2.55. The predicted molar refractivity (Wildman–Crippen MR) is 110 cm³/mol. The van der Waals surface area contributed by atoms with Crippen LogP contribution in [0, 0.1) is 0 Å². The molecule has 0 aliphatic heterocycles. The van der Waals surface area contributed by atoms with E-state index in [0.29, 0.717) is 29.4 Å². The number of hydrazone groups is 1. The van der Waals surface area contributed by atoms with Gasteiger partial charge in [0.25, 0.3) is 5.91 Å². The molecule has 3 aromatic rings. The average Bonchev–Trinajstić information content (AvgIpc) is 2.73. The standard InChI is InChI=1S/C22H21N3O3/c1-27-21-13-17(11-12-20(21)28-15-16-7-3-2-4-8-16)14-24-25-22(26)18-9-5-6-10-19(18)23/h2-14H,15,23H2,1H3,(H,25,26)/b24-14-. The number of benzene rings is 3. The summed E-state index contributed by atoms with van der Waals surface area (Å²) in [4.78, 5) is 12.1. The highest BCUT2D eigenvalue weighted by Gasteiger charge is 2.08. The summed E-state index contributed by atoms with van der Waals surface area (Å²) in [7, 11) is 1.57. The normalized spacial score (nSPS) is 10.6. The molecule has 0 spiro atoms. The number of methoxy groups -OCH3 is 1. The smallest absolute Gasteiger partial charge is 0.273 e. The Hall–Kier alpha value is -3.80. The summed E-state index contributed by atoms with van der Waals surface area (Å²) in [5.74, 6) is 0.840. The third kappa shape index (κ3) is 4.88. The van der Waals surface area contributed by atoms with E-state index in [9.17, 15) is 4.79 Å². The minimum atomic E-state index is -0.371. The number of carbonyl (C=O) groups is 1. The molecule has 28 heavy (non-hydrogen) atoms. The maximum Gasteiger partial charge on any atom is 0.273 e. The van der Waals surface area contributed by atoms with Crippen molar-refractivity contribution in [3.63, 3.8) is 0 Å². The zero-order valence-electron chi connectivity index (χ0n) is 15.5. The van der Waals surface area contributed by atoms with E-state index in [2.05, 4.69) is 10.5 Å². The summed E-state index contributed by atoms with van der Waals surface area (Å²) >= 11 is 0. The Morgan fingerprint density at radius 3 is 2.54 bits per heavy atom. The molecule has 0 atom stereocenters. The van der Waals surface area contributed by atoms with Crippen molar-refractivity contribution in [1.82, 2.24) is 5.43 Å². The summed E-state index contributed by atoms with van der Waals surface area (Å²) in [6.07, 6.45) is 1.53. The number of rotatable bonds is 7. The summed E-state index contributed by atoms with van der Waals surface area (Å²) in [5, 5.41) is 3.98. The zero-order chi connectivity index (χ0) is 19.8. The molecule has 0 aromatic heterocycles. The molecule has 0 aliphatic rings. The molecule has 0 radical (unpaired) electrons. The van der Waals surface area contributed by atoms with Crippen LogP contribution in [0.1, 0.15) is 21.5 Å². The number of hydrogen-bond acceptors (Lipinski definition) is 5. The molecule has 6 nitrogen and oxygen atoms in total. The van der Waals surface area contributed by atoms with Gasteiger partial charge in [-0.2, -0.15) is 5.10 Å². The van der Waals surface area contributed by atoms with E-state index in [-0.39, 0.29) is 5.91 Å². The molecule has 0 saturated heterocycles. The van der Waals surface area contributed by atoms with E-state index in [0.717, 1.165) is 11.1 Å². The summed E-state index contributed by atoms with van der Waals surface area (Å²) in [6, 6.07) is 22.1. The first-order chi connectivity index (χ1) is 13.7. The number of nitrogens with zero attached hydrogens (tertiary/aromatic N) is 1. The highest BCUT2D eigenvalue weighted by atomic mass is 16.5. The molecular formula is C22H21N3O3. The van der Waals surface area contributed by atoms with Crippen molar-refractivity contribution in [3.05, 3.63) is 89.5 Å². The van der Waals surface area contributed by atoms with E-state index < -0.39 is 0 Å². The van der Waals surface area contributed by atoms with Gasteiger partial charge in [0.15, 0.2) is 11.5 Å². The average molecular weight is 375 g/mol. The maximum absolute atomic E-state index is 12.1. The second-order valence-electron chi connectivity index (χ2n) is 5.97. The number of amides is 1. The molecule has 0 unspecified atom stereocenters. The topological polar surface area (TPSA) is 85.9 Å². The largest absolute Gasteiger partial charge is 0.493 e. The van der Waals surface area contributed by atoms with E-state index in [1.807, 2.05) is 36.4 Å². The predicted octanol–water partition coefficient (Wildman–Crippen LogP) is 3.62. The van der Waals surface area contributed by atoms with Crippen molar-refractivity contribution in [2.45, 2.75) is 6.61 Å². The number of anilines is 1. The van der Waals surface area contributed by atoms with Crippen molar-refractivity contribution in [3.8, 4) is 11.5 Å². The van der Waals surface area contributed by atoms with E-state index in [1.165, 1.54) is 6.21 Å². The first-order valence-corrected chi connectivity index (χ1v) is 8.70. The fourth-order valence-electron chi connectivity index (χ4n) is 2.55. The highest BCUT2D eigenvalue weighted by Crippen LogP contribution is 2.28. The third-order valence-electron chi connectivity index (χ3n) is 4.01. The first kappa shape index (κ1) is 19.0. The molecule has 3 rings (SSSR count). The van der Waals surface area contributed by atoms with Gasteiger partial charge in [-0.3, -0.25) is 4.79 Å². The second kappa shape index (κ2) is 9.23. The van der Waals surface area contributed by atoms with Gasteiger partial charge < -0.3 is 15.2 Å².